The molecule has 4 nitrogen and oxygen atoms in total. The first-order valence-corrected chi connectivity index (χ1v) is 8.97. The van der Waals surface area contributed by atoms with E-state index in [0.29, 0.717) is 25.0 Å². The van der Waals surface area contributed by atoms with Gasteiger partial charge in [0.15, 0.2) is 0 Å². The van der Waals surface area contributed by atoms with Crippen LogP contribution in [0.2, 0.25) is 0 Å². The predicted molar refractivity (Wildman–Crippen MR) is 95.2 cm³/mol. The molecule has 1 atom stereocenters. The number of halogens is 1. The summed E-state index contributed by atoms with van der Waals surface area (Å²) < 4.78 is 13.1. The fourth-order valence-electron chi connectivity index (χ4n) is 3.39. The van der Waals surface area contributed by atoms with Crippen molar-refractivity contribution in [2.24, 2.45) is 5.92 Å². The van der Waals surface area contributed by atoms with Gasteiger partial charge in [0, 0.05) is 32.2 Å². The summed E-state index contributed by atoms with van der Waals surface area (Å²) in [6, 6.07) is 7.18. The second-order valence-electron chi connectivity index (χ2n) is 6.95. The first-order valence-electron chi connectivity index (χ1n) is 8.97. The Hall–Kier alpha value is -1.46. The molecule has 134 valence electrons. The number of rotatable bonds is 6. The highest BCUT2D eigenvalue weighted by molar-refractivity contribution is 5.77. The average molecular weight is 335 g/mol. The Bertz CT molecular complexity index is 518. The maximum absolute atomic E-state index is 13.1. The summed E-state index contributed by atoms with van der Waals surface area (Å²) in [6.07, 6.45) is 1.05. The van der Waals surface area contributed by atoms with Crippen LogP contribution in [-0.4, -0.2) is 54.5 Å². The SMILES string of the molecule is CCNC(=O)CN1CCCN(Cc2ccc(F)cc2)[C@H](C(C)C)C1. The van der Waals surface area contributed by atoms with E-state index in [2.05, 4.69) is 29.0 Å². The molecule has 1 amide bonds. The van der Waals surface area contributed by atoms with E-state index in [1.807, 2.05) is 19.1 Å². The molecule has 1 aliphatic heterocycles. The van der Waals surface area contributed by atoms with Crippen molar-refractivity contribution < 1.29 is 9.18 Å². The van der Waals surface area contributed by atoms with Gasteiger partial charge in [0.25, 0.3) is 0 Å². The highest BCUT2D eigenvalue weighted by Crippen LogP contribution is 2.20. The molecule has 5 heteroatoms. The van der Waals surface area contributed by atoms with Gasteiger partial charge < -0.3 is 5.32 Å². The zero-order valence-corrected chi connectivity index (χ0v) is 15.1. The number of benzene rings is 1. The maximum Gasteiger partial charge on any atom is 0.234 e. The highest BCUT2D eigenvalue weighted by atomic mass is 19.1. The van der Waals surface area contributed by atoms with E-state index in [9.17, 15) is 9.18 Å². The zero-order chi connectivity index (χ0) is 17.5. The smallest absolute Gasteiger partial charge is 0.234 e. The van der Waals surface area contributed by atoms with Crippen molar-refractivity contribution in [3.8, 4) is 0 Å². The van der Waals surface area contributed by atoms with Crippen LogP contribution in [0.1, 0.15) is 32.8 Å². The van der Waals surface area contributed by atoms with Crippen LogP contribution in [-0.2, 0) is 11.3 Å². The van der Waals surface area contributed by atoms with E-state index >= 15 is 0 Å². The fourth-order valence-corrected chi connectivity index (χ4v) is 3.39. The topological polar surface area (TPSA) is 35.6 Å². The molecule has 0 aromatic heterocycles. The van der Waals surface area contributed by atoms with Crippen LogP contribution >= 0.6 is 0 Å². The first kappa shape index (κ1) is 18.9. The molecule has 0 spiro atoms. The lowest BCUT2D eigenvalue weighted by molar-refractivity contribution is -0.122. The minimum atomic E-state index is -0.192. The molecule has 0 radical (unpaired) electrons. The molecular weight excluding hydrogens is 305 g/mol. The van der Waals surface area contributed by atoms with Crippen LogP contribution in [0, 0.1) is 11.7 Å². The second-order valence-corrected chi connectivity index (χ2v) is 6.95. The van der Waals surface area contributed by atoms with E-state index in [1.165, 1.54) is 12.1 Å². The molecule has 1 aromatic rings. The quantitative estimate of drug-likeness (QED) is 0.868. The Labute approximate surface area is 145 Å². The normalized spacial score (nSPS) is 20.1. The third-order valence-electron chi connectivity index (χ3n) is 4.64. The number of hydrogen-bond acceptors (Lipinski definition) is 3. The van der Waals surface area contributed by atoms with Crippen molar-refractivity contribution in [3.63, 3.8) is 0 Å². The second kappa shape index (κ2) is 9.14. The zero-order valence-electron chi connectivity index (χ0n) is 15.1. The standard InChI is InChI=1S/C19H30FN3O/c1-4-21-19(24)14-22-10-5-11-23(18(13-22)15(2)3)12-16-6-8-17(20)9-7-16/h6-9,15,18H,4-5,10-14H2,1-3H3,(H,21,24)/t18-/m0/s1. The average Bonchev–Trinajstić information content (AvgIpc) is 2.72. The monoisotopic (exact) mass is 335 g/mol. The number of carbonyl (C=O) groups excluding carboxylic acids is 1. The van der Waals surface area contributed by atoms with E-state index < -0.39 is 0 Å². The van der Waals surface area contributed by atoms with Gasteiger partial charge in [-0.1, -0.05) is 26.0 Å². The Morgan fingerprint density at radius 3 is 2.62 bits per heavy atom. The van der Waals surface area contributed by atoms with Gasteiger partial charge in [-0.3, -0.25) is 14.6 Å². The van der Waals surface area contributed by atoms with Gasteiger partial charge in [0.2, 0.25) is 5.91 Å². The molecule has 1 aliphatic rings. The van der Waals surface area contributed by atoms with Gasteiger partial charge in [-0.05, 0) is 43.5 Å². The van der Waals surface area contributed by atoms with Crippen molar-refractivity contribution in [1.82, 2.24) is 15.1 Å². The Kier molecular flexibility index (Phi) is 7.18. The summed E-state index contributed by atoms with van der Waals surface area (Å²) in [5.74, 6) is 0.412. The van der Waals surface area contributed by atoms with Crippen molar-refractivity contribution in [1.29, 1.82) is 0 Å². The van der Waals surface area contributed by atoms with Crippen molar-refractivity contribution in [2.75, 3.05) is 32.7 Å². The molecular formula is C19H30FN3O. The lowest BCUT2D eigenvalue weighted by Gasteiger charge is -2.34. The van der Waals surface area contributed by atoms with E-state index in [4.69, 9.17) is 0 Å². The summed E-state index contributed by atoms with van der Waals surface area (Å²) in [7, 11) is 0. The number of nitrogens with one attached hydrogen (secondary N) is 1. The third kappa shape index (κ3) is 5.56. The summed E-state index contributed by atoms with van der Waals surface area (Å²) in [6.45, 7) is 11.2. The largest absolute Gasteiger partial charge is 0.355 e. The summed E-state index contributed by atoms with van der Waals surface area (Å²) in [5, 5.41) is 2.88. The van der Waals surface area contributed by atoms with Gasteiger partial charge in [-0.2, -0.15) is 0 Å². The Morgan fingerprint density at radius 1 is 1.29 bits per heavy atom. The van der Waals surface area contributed by atoms with Crippen LogP contribution in [0.25, 0.3) is 0 Å². The van der Waals surface area contributed by atoms with Gasteiger partial charge in [0.05, 0.1) is 6.54 Å². The lowest BCUT2D eigenvalue weighted by atomic mass is 10.0. The number of hydrogen-bond donors (Lipinski definition) is 1. The molecule has 0 unspecified atom stereocenters. The number of carbonyl (C=O) groups is 1. The molecule has 2 rings (SSSR count). The molecule has 1 aromatic carbocycles. The number of amides is 1. The molecule has 24 heavy (non-hydrogen) atoms. The maximum atomic E-state index is 13.1. The van der Waals surface area contributed by atoms with Crippen LogP contribution in [0.4, 0.5) is 4.39 Å². The molecule has 1 N–H and O–H groups in total. The summed E-state index contributed by atoms with van der Waals surface area (Å²) >= 11 is 0. The fraction of sp³-hybridized carbons (Fsp3) is 0.632. The number of nitrogens with zero attached hydrogens (tertiary/aromatic N) is 2. The molecule has 0 bridgehead atoms. The van der Waals surface area contributed by atoms with Gasteiger partial charge in [0.1, 0.15) is 5.82 Å². The minimum absolute atomic E-state index is 0.104. The van der Waals surface area contributed by atoms with E-state index in [-0.39, 0.29) is 11.7 Å². The van der Waals surface area contributed by atoms with Gasteiger partial charge in [-0.15, -0.1) is 0 Å². The first-order chi connectivity index (χ1) is 11.5. The highest BCUT2D eigenvalue weighted by Gasteiger charge is 2.28. The van der Waals surface area contributed by atoms with Crippen LogP contribution in [0.3, 0.4) is 0 Å². The van der Waals surface area contributed by atoms with Crippen LogP contribution in [0.15, 0.2) is 24.3 Å². The van der Waals surface area contributed by atoms with Crippen LogP contribution < -0.4 is 5.32 Å². The van der Waals surface area contributed by atoms with E-state index in [1.54, 1.807) is 0 Å². The summed E-state index contributed by atoms with van der Waals surface area (Å²) in [4.78, 5) is 16.6. The molecule has 1 heterocycles. The molecule has 0 saturated carbocycles. The van der Waals surface area contributed by atoms with Gasteiger partial charge in [-0.25, -0.2) is 4.39 Å². The van der Waals surface area contributed by atoms with E-state index in [0.717, 1.165) is 38.2 Å². The number of likely N-dealkylation sites (N-methyl/N-ethyl adjacent to an activating group) is 1. The van der Waals surface area contributed by atoms with Gasteiger partial charge >= 0.3 is 0 Å². The molecule has 1 saturated heterocycles. The predicted octanol–water partition coefficient (Wildman–Crippen LogP) is 2.49. The summed E-state index contributed by atoms with van der Waals surface area (Å²) in [5.41, 5.74) is 1.14. The third-order valence-corrected chi connectivity index (χ3v) is 4.64. The van der Waals surface area contributed by atoms with Crippen molar-refractivity contribution in [3.05, 3.63) is 35.6 Å². The van der Waals surface area contributed by atoms with Crippen LogP contribution in [0.5, 0.6) is 0 Å². The van der Waals surface area contributed by atoms with Crippen molar-refractivity contribution >= 4 is 5.91 Å². The Balaban J connectivity index is 2.03. The lowest BCUT2D eigenvalue weighted by Crippen LogP contribution is -2.46. The molecule has 1 fully saturated rings. The van der Waals surface area contributed by atoms with Crippen molar-refractivity contribution in [2.45, 2.75) is 39.8 Å². The minimum Gasteiger partial charge on any atom is -0.355 e. The Morgan fingerprint density at radius 2 is 2.00 bits per heavy atom. The molecule has 0 aliphatic carbocycles.